The Labute approximate surface area is 126 Å². The van der Waals surface area contributed by atoms with E-state index in [0.717, 1.165) is 43.4 Å². The zero-order valence-electron chi connectivity index (χ0n) is 13.2. The molecule has 3 rings (SSSR count). The number of H-pyrrole nitrogens is 1. The van der Waals surface area contributed by atoms with E-state index < -0.39 is 0 Å². The molecule has 1 heterocycles. The molecular weight excluding hydrogens is 260 g/mol. The van der Waals surface area contributed by atoms with E-state index in [4.69, 9.17) is 0 Å². The highest BCUT2D eigenvalue weighted by atomic mass is 16.2. The summed E-state index contributed by atoms with van der Waals surface area (Å²) < 4.78 is 0. The summed E-state index contributed by atoms with van der Waals surface area (Å²) in [6, 6.07) is 8.32. The number of unbranched alkanes of at least 4 members (excludes halogenated alkanes) is 1. The van der Waals surface area contributed by atoms with Gasteiger partial charge in [-0.3, -0.25) is 4.79 Å². The van der Waals surface area contributed by atoms with Crippen molar-refractivity contribution >= 4 is 16.8 Å². The molecule has 0 atom stereocenters. The first-order valence-corrected chi connectivity index (χ1v) is 7.93. The van der Waals surface area contributed by atoms with Crippen LogP contribution in [0.5, 0.6) is 0 Å². The smallest absolute Gasteiger partial charge is 0.233 e. The molecule has 0 saturated heterocycles. The molecular formula is C18H24N2O. The first-order valence-electron chi connectivity index (χ1n) is 7.93. The lowest BCUT2D eigenvalue weighted by Crippen LogP contribution is -2.37. The summed E-state index contributed by atoms with van der Waals surface area (Å²) in [6.07, 6.45) is 4.15. The van der Waals surface area contributed by atoms with Crippen LogP contribution in [0.2, 0.25) is 0 Å². The van der Waals surface area contributed by atoms with Crippen molar-refractivity contribution in [2.24, 2.45) is 0 Å². The summed E-state index contributed by atoms with van der Waals surface area (Å²) in [7, 11) is 1.95. The number of carbonyl (C=O) groups excluding carboxylic acids is 1. The molecule has 112 valence electrons. The average molecular weight is 284 g/mol. The molecule has 3 nitrogen and oxygen atoms in total. The summed E-state index contributed by atoms with van der Waals surface area (Å²) in [5.41, 5.74) is 3.24. The Morgan fingerprint density at radius 1 is 1.33 bits per heavy atom. The fourth-order valence-electron chi connectivity index (χ4n) is 3.45. The Bertz CT molecular complexity index is 667. The van der Waals surface area contributed by atoms with E-state index in [1.807, 2.05) is 18.0 Å². The van der Waals surface area contributed by atoms with Gasteiger partial charge in [0.2, 0.25) is 5.91 Å². The second kappa shape index (κ2) is 5.21. The largest absolute Gasteiger partial charge is 0.358 e. The number of benzene rings is 1. The van der Waals surface area contributed by atoms with Crippen LogP contribution in [0, 0.1) is 6.92 Å². The average Bonchev–Trinajstić information content (AvgIpc) is 3.20. The molecule has 0 unspecified atom stereocenters. The second-order valence-electron chi connectivity index (χ2n) is 6.33. The molecule has 1 aliphatic carbocycles. The normalized spacial score (nSPS) is 16.1. The van der Waals surface area contributed by atoms with Crippen LogP contribution in [0.4, 0.5) is 0 Å². The topological polar surface area (TPSA) is 36.1 Å². The van der Waals surface area contributed by atoms with Gasteiger partial charge in [0.15, 0.2) is 0 Å². The Hall–Kier alpha value is -1.77. The molecule has 21 heavy (non-hydrogen) atoms. The number of rotatable bonds is 5. The zero-order valence-corrected chi connectivity index (χ0v) is 13.2. The number of nitrogens with zero attached hydrogens (tertiary/aromatic N) is 1. The Morgan fingerprint density at radius 3 is 2.71 bits per heavy atom. The molecule has 3 heteroatoms. The third kappa shape index (κ3) is 2.25. The minimum absolute atomic E-state index is 0.272. The van der Waals surface area contributed by atoms with Crippen molar-refractivity contribution in [1.29, 1.82) is 0 Å². The van der Waals surface area contributed by atoms with E-state index in [0.29, 0.717) is 5.91 Å². The first-order chi connectivity index (χ1) is 10.1. The van der Waals surface area contributed by atoms with Crippen LogP contribution in [-0.2, 0) is 10.2 Å². The SMILES string of the molecule is CCCCN(C)C(=O)C1(c2c(C)[nH]c3ccccc23)CC1. The lowest BCUT2D eigenvalue weighted by atomic mass is 9.91. The summed E-state index contributed by atoms with van der Waals surface area (Å²) in [4.78, 5) is 18.3. The van der Waals surface area contributed by atoms with Crippen LogP contribution in [0.25, 0.3) is 10.9 Å². The number of para-hydroxylation sites is 1. The van der Waals surface area contributed by atoms with E-state index in [1.165, 1.54) is 10.9 Å². The van der Waals surface area contributed by atoms with Gasteiger partial charge >= 0.3 is 0 Å². The fraction of sp³-hybridized carbons (Fsp3) is 0.500. The number of nitrogens with one attached hydrogen (secondary N) is 1. The molecule has 0 aliphatic heterocycles. The Balaban J connectivity index is 1.98. The highest BCUT2D eigenvalue weighted by Gasteiger charge is 2.54. The molecule has 2 aromatic rings. The van der Waals surface area contributed by atoms with E-state index in [1.54, 1.807) is 0 Å². The number of aryl methyl sites for hydroxylation is 1. The molecule has 1 saturated carbocycles. The third-order valence-electron chi connectivity index (χ3n) is 4.73. The zero-order chi connectivity index (χ0) is 15.0. The number of fused-ring (bicyclic) bond motifs is 1. The van der Waals surface area contributed by atoms with Gasteiger partial charge in [-0.25, -0.2) is 0 Å². The molecule has 0 radical (unpaired) electrons. The van der Waals surface area contributed by atoms with E-state index in [-0.39, 0.29) is 5.41 Å². The number of aromatic nitrogens is 1. The van der Waals surface area contributed by atoms with Gasteiger partial charge in [0.1, 0.15) is 0 Å². The second-order valence-corrected chi connectivity index (χ2v) is 6.33. The molecule has 1 fully saturated rings. The maximum atomic E-state index is 12.9. The first kappa shape index (κ1) is 14.2. The van der Waals surface area contributed by atoms with E-state index >= 15 is 0 Å². The van der Waals surface area contributed by atoms with Gasteiger partial charge in [0.25, 0.3) is 0 Å². The van der Waals surface area contributed by atoms with Gasteiger partial charge in [-0.15, -0.1) is 0 Å². The number of hydrogen-bond acceptors (Lipinski definition) is 1. The van der Waals surface area contributed by atoms with Crippen LogP contribution in [0.1, 0.15) is 43.9 Å². The molecule has 1 N–H and O–H groups in total. The minimum atomic E-state index is -0.272. The van der Waals surface area contributed by atoms with E-state index in [2.05, 4.69) is 37.0 Å². The van der Waals surface area contributed by atoms with Crippen LogP contribution in [0.3, 0.4) is 0 Å². The predicted molar refractivity (Wildman–Crippen MR) is 86.5 cm³/mol. The maximum Gasteiger partial charge on any atom is 0.233 e. The monoisotopic (exact) mass is 284 g/mol. The van der Waals surface area contributed by atoms with Crippen molar-refractivity contribution in [3.05, 3.63) is 35.5 Å². The summed E-state index contributed by atoms with van der Waals surface area (Å²) in [5.74, 6) is 0.295. The maximum absolute atomic E-state index is 12.9. The standard InChI is InChI=1S/C18H24N2O/c1-4-5-12-20(3)17(21)18(10-11-18)16-13(2)19-15-9-7-6-8-14(15)16/h6-9,19H,4-5,10-12H2,1-3H3. The van der Waals surface area contributed by atoms with Crippen LogP contribution in [-0.4, -0.2) is 29.4 Å². The van der Waals surface area contributed by atoms with Crippen molar-refractivity contribution in [3.63, 3.8) is 0 Å². The van der Waals surface area contributed by atoms with Crippen molar-refractivity contribution < 1.29 is 4.79 Å². The molecule has 1 aromatic heterocycles. The van der Waals surface area contributed by atoms with E-state index in [9.17, 15) is 4.79 Å². The molecule has 0 bridgehead atoms. The quantitative estimate of drug-likeness (QED) is 0.891. The minimum Gasteiger partial charge on any atom is -0.358 e. The lowest BCUT2D eigenvalue weighted by Gasteiger charge is -2.24. The highest BCUT2D eigenvalue weighted by Crippen LogP contribution is 2.52. The number of amides is 1. The third-order valence-corrected chi connectivity index (χ3v) is 4.73. The molecule has 1 aliphatic rings. The molecule has 1 aromatic carbocycles. The van der Waals surface area contributed by atoms with Gasteiger partial charge in [-0.1, -0.05) is 31.5 Å². The molecule has 0 spiro atoms. The van der Waals surface area contributed by atoms with Crippen molar-refractivity contribution in [2.45, 2.75) is 44.9 Å². The van der Waals surface area contributed by atoms with Crippen LogP contribution in [0.15, 0.2) is 24.3 Å². The van der Waals surface area contributed by atoms with Crippen LogP contribution >= 0.6 is 0 Å². The highest BCUT2D eigenvalue weighted by molar-refractivity contribution is 5.98. The number of likely N-dealkylation sites (N-methyl/N-ethyl adjacent to an activating group) is 1. The Kier molecular flexibility index (Phi) is 3.52. The van der Waals surface area contributed by atoms with Gasteiger partial charge < -0.3 is 9.88 Å². The van der Waals surface area contributed by atoms with Crippen molar-refractivity contribution in [2.75, 3.05) is 13.6 Å². The summed E-state index contributed by atoms with van der Waals surface area (Å²) in [5, 5.41) is 1.21. The predicted octanol–water partition coefficient (Wildman–Crippen LogP) is 3.77. The van der Waals surface area contributed by atoms with Crippen molar-refractivity contribution in [3.8, 4) is 0 Å². The Morgan fingerprint density at radius 2 is 2.05 bits per heavy atom. The van der Waals surface area contributed by atoms with Crippen molar-refractivity contribution in [1.82, 2.24) is 9.88 Å². The number of carbonyl (C=O) groups is 1. The number of aromatic amines is 1. The lowest BCUT2D eigenvalue weighted by molar-refractivity contribution is -0.132. The van der Waals surface area contributed by atoms with Gasteiger partial charge in [0.05, 0.1) is 5.41 Å². The fourth-order valence-corrected chi connectivity index (χ4v) is 3.45. The molecule has 1 amide bonds. The summed E-state index contributed by atoms with van der Waals surface area (Å²) >= 11 is 0. The van der Waals surface area contributed by atoms with Gasteiger partial charge in [0, 0.05) is 30.2 Å². The van der Waals surface area contributed by atoms with Crippen LogP contribution < -0.4 is 0 Å². The summed E-state index contributed by atoms with van der Waals surface area (Å²) in [6.45, 7) is 5.11. The number of hydrogen-bond donors (Lipinski definition) is 1. The van der Waals surface area contributed by atoms with Gasteiger partial charge in [-0.2, -0.15) is 0 Å². The van der Waals surface area contributed by atoms with Gasteiger partial charge in [-0.05, 0) is 37.8 Å².